The summed E-state index contributed by atoms with van der Waals surface area (Å²) in [6.45, 7) is 5.53. The summed E-state index contributed by atoms with van der Waals surface area (Å²) < 4.78 is 24.9. The summed E-state index contributed by atoms with van der Waals surface area (Å²) >= 11 is 0. The number of imide groups is 1. The molecule has 35 heavy (non-hydrogen) atoms. The minimum atomic E-state index is -1.05. The van der Waals surface area contributed by atoms with E-state index in [0.29, 0.717) is 29.9 Å². The van der Waals surface area contributed by atoms with Crippen LogP contribution in [0.5, 0.6) is 0 Å². The number of ether oxygens (including phenoxy) is 1. The van der Waals surface area contributed by atoms with Crippen LogP contribution in [0.15, 0.2) is 58.6 Å². The number of fused-ring (bicyclic) bond motifs is 1. The van der Waals surface area contributed by atoms with Gasteiger partial charge in [-0.3, -0.25) is 5.32 Å². The molecule has 0 radical (unpaired) electrons. The number of halogens is 1. The van der Waals surface area contributed by atoms with Gasteiger partial charge < -0.3 is 24.9 Å². The van der Waals surface area contributed by atoms with Crippen LogP contribution in [-0.2, 0) is 4.74 Å². The van der Waals surface area contributed by atoms with Crippen molar-refractivity contribution in [1.82, 2.24) is 36.4 Å². The Morgan fingerprint density at radius 1 is 1.37 bits per heavy atom. The first-order chi connectivity index (χ1) is 16.7. The smallest absolute Gasteiger partial charge is 0.423 e. The number of carbonyl (C=O) groups excluding carboxylic acids is 2. The van der Waals surface area contributed by atoms with Crippen LogP contribution in [0.4, 0.5) is 14.0 Å². The van der Waals surface area contributed by atoms with Gasteiger partial charge in [-0.05, 0) is 32.4 Å². The molecule has 0 saturated carbocycles. The highest BCUT2D eigenvalue weighted by Gasteiger charge is 2.45. The maximum Gasteiger partial charge on any atom is 0.423 e. The van der Waals surface area contributed by atoms with Gasteiger partial charge in [0.25, 0.3) is 0 Å². The van der Waals surface area contributed by atoms with Crippen LogP contribution in [0.1, 0.15) is 32.9 Å². The average Bonchev–Trinajstić information content (AvgIpc) is 3.51. The number of aromatic nitrogens is 1. The molecule has 11 nitrogen and oxygen atoms in total. The number of urea groups is 1. The third kappa shape index (κ3) is 4.66. The molecule has 4 N–H and O–H groups in total. The van der Waals surface area contributed by atoms with Crippen molar-refractivity contribution in [3.05, 3.63) is 59.8 Å². The van der Waals surface area contributed by atoms with E-state index >= 15 is 0 Å². The molecule has 4 unspecified atom stereocenters. The number of carbonyl (C=O) groups is 2. The first kappa shape index (κ1) is 23.1. The molecule has 0 spiro atoms. The largest absolute Gasteiger partial charge is 0.443 e. The summed E-state index contributed by atoms with van der Waals surface area (Å²) in [5.74, 6) is 0. The molecule has 3 aliphatic heterocycles. The molecule has 0 aromatic carbocycles. The summed E-state index contributed by atoms with van der Waals surface area (Å²) in [5, 5.41) is 15.1. The number of nitrogens with zero attached hydrogens (tertiary/aromatic N) is 3. The lowest BCUT2D eigenvalue weighted by atomic mass is 10.0. The lowest BCUT2D eigenvalue weighted by Gasteiger charge is -2.34. The van der Waals surface area contributed by atoms with Gasteiger partial charge >= 0.3 is 12.1 Å². The molecule has 186 valence electrons. The fraction of sp³-hybridized carbons (Fsp3) is 0.435. The molecule has 0 bridgehead atoms. The highest BCUT2D eigenvalue weighted by atomic mass is 19.1. The van der Waals surface area contributed by atoms with Crippen LogP contribution < -0.4 is 21.4 Å². The predicted octanol–water partition coefficient (Wildman–Crippen LogP) is 2.08. The van der Waals surface area contributed by atoms with Crippen LogP contribution in [0.25, 0.3) is 5.70 Å². The Hall–Kier alpha value is -3.64. The highest BCUT2D eigenvalue weighted by molar-refractivity contribution is 5.96. The zero-order valence-electron chi connectivity index (χ0n) is 19.6. The van der Waals surface area contributed by atoms with Crippen molar-refractivity contribution in [3.63, 3.8) is 0 Å². The van der Waals surface area contributed by atoms with Gasteiger partial charge in [-0.2, -0.15) is 4.90 Å². The van der Waals surface area contributed by atoms with Crippen LogP contribution in [0.2, 0.25) is 0 Å². The molecule has 4 atom stereocenters. The van der Waals surface area contributed by atoms with Gasteiger partial charge in [0.1, 0.15) is 29.9 Å². The SMILES string of the molecule is CC(C)(C)OC(=O)N1C(=O)NC2NC(C3C=C(c4ccon4)N(CC4=CC=CCC4F)N3)NC=C21. The minimum Gasteiger partial charge on any atom is -0.443 e. The van der Waals surface area contributed by atoms with Crippen molar-refractivity contribution in [1.29, 1.82) is 0 Å². The minimum absolute atomic E-state index is 0.287. The number of hydrazine groups is 1. The standard InChI is InChI=1S/C23H28FN7O4/c1-23(2,3)35-22(33)31-18-11-25-19(26-20(18)27-21(31)32)16-10-17(15-8-9-34-29-15)30(28-16)12-13-6-4-5-7-14(13)24/h4-6,8-11,14,16,19-20,25-26,28H,7,12H2,1-3H3,(H,27,32). The second-order valence-electron chi connectivity index (χ2n) is 9.63. The Kier molecular flexibility index (Phi) is 5.85. The van der Waals surface area contributed by atoms with Crippen molar-refractivity contribution in [2.75, 3.05) is 6.54 Å². The molecule has 1 fully saturated rings. The zero-order valence-corrected chi connectivity index (χ0v) is 19.6. The Balaban J connectivity index is 1.33. The van der Waals surface area contributed by atoms with E-state index in [-0.39, 0.29) is 12.2 Å². The third-order valence-electron chi connectivity index (χ3n) is 5.88. The van der Waals surface area contributed by atoms with Crippen LogP contribution >= 0.6 is 0 Å². The quantitative estimate of drug-likeness (QED) is 0.507. The predicted molar refractivity (Wildman–Crippen MR) is 123 cm³/mol. The number of hydrogen-bond donors (Lipinski definition) is 4. The Morgan fingerprint density at radius 3 is 2.91 bits per heavy atom. The fourth-order valence-electron chi connectivity index (χ4n) is 4.29. The lowest BCUT2D eigenvalue weighted by molar-refractivity contribution is 0.0383. The second-order valence-corrected chi connectivity index (χ2v) is 9.63. The first-order valence-electron chi connectivity index (χ1n) is 11.4. The van der Waals surface area contributed by atoms with Gasteiger partial charge in [-0.15, -0.1) is 0 Å². The number of nitrogens with one attached hydrogen (secondary N) is 4. The zero-order chi connectivity index (χ0) is 24.7. The molecule has 1 aromatic rings. The first-order valence-corrected chi connectivity index (χ1v) is 11.4. The maximum atomic E-state index is 14.5. The van der Waals surface area contributed by atoms with Crippen LogP contribution in [-0.4, -0.2) is 63.9 Å². The summed E-state index contributed by atoms with van der Waals surface area (Å²) in [7, 11) is 0. The van der Waals surface area contributed by atoms with E-state index in [1.54, 1.807) is 45.2 Å². The van der Waals surface area contributed by atoms with Crippen molar-refractivity contribution in [3.8, 4) is 0 Å². The van der Waals surface area contributed by atoms with Gasteiger partial charge in [0.2, 0.25) is 0 Å². The summed E-state index contributed by atoms with van der Waals surface area (Å²) in [6.07, 6.45) is 8.09. The number of rotatable bonds is 4. The summed E-state index contributed by atoms with van der Waals surface area (Å²) in [4.78, 5) is 26.0. The van der Waals surface area contributed by atoms with Crippen LogP contribution in [0, 0.1) is 0 Å². The van der Waals surface area contributed by atoms with E-state index in [4.69, 9.17) is 9.26 Å². The van der Waals surface area contributed by atoms with E-state index in [2.05, 4.69) is 26.5 Å². The molecular weight excluding hydrogens is 457 g/mol. The van der Waals surface area contributed by atoms with Gasteiger partial charge in [0, 0.05) is 18.7 Å². The van der Waals surface area contributed by atoms with Crippen molar-refractivity contribution >= 4 is 17.8 Å². The van der Waals surface area contributed by atoms with Gasteiger partial charge in [0.15, 0.2) is 0 Å². The number of allylic oxidation sites excluding steroid dienone is 3. The number of hydrogen-bond acceptors (Lipinski definition) is 9. The second kappa shape index (κ2) is 8.86. The Morgan fingerprint density at radius 2 is 2.20 bits per heavy atom. The molecule has 5 rings (SSSR count). The number of alkyl halides is 1. The van der Waals surface area contributed by atoms with Gasteiger partial charge in [0.05, 0.1) is 30.1 Å². The van der Waals surface area contributed by atoms with Crippen molar-refractivity contribution in [2.45, 2.75) is 57.3 Å². The van der Waals surface area contributed by atoms with E-state index in [1.807, 2.05) is 17.2 Å². The van der Waals surface area contributed by atoms with Gasteiger partial charge in [-0.1, -0.05) is 23.4 Å². The van der Waals surface area contributed by atoms with E-state index in [1.165, 1.54) is 6.26 Å². The Bertz CT molecular complexity index is 1120. The molecule has 1 aromatic heterocycles. The highest BCUT2D eigenvalue weighted by Crippen LogP contribution is 2.28. The molecule has 4 aliphatic rings. The van der Waals surface area contributed by atoms with E-state index in [0.717, 1.165) is 10.6 Å². The summed E-state index contributed by atoms with van der Waals surface area (Å²) in [6, 6.07) is 0.877. The van der Waals surface area contributed by atoms with Crippen LogP contribution in [0.3, 0.4) is 0 Å². The lowest BCUT2D eigenvalue weighted by Crippen LogP contribution is -2.62. The molecule has 12 heteroatoms. The van der Waals surface area contributed by atoms with E-state index in [9.17, 15) is 14.0 Å². The maximum absolute atomic E-state index is 14.5. The van der Waals surface area contributed by atoms with Gasteiger partial charge in [-0.25, -0.2) is 19.4 Å². The van der Waals surface area contributed by atoms with E-state index < -0.39 is 30.1 Å². The van der Waals surface area contributed by atoms with Crippen molar-refractivity contribution in [2.24, 2.45) is 0 Å². The monoisotopic (exact) mass is 485 g/mol. The molecule has 3 amide bonds. The number of amides is 3. The topological polar surface area (TPSA) is 124 Å². The fourth-order valence-corrected chi connectivity index (χ4v) is 4.29. The third-order valence-corrected chi connectivity index (χ3v) is 5.88. The molecular formula is C23H28FN7O4. The molecule has 4 heterocycles. The molecule has 1 aliphatic carbocycles. The Labute approximate surface area is 201 Å². The average molecular weight is 486 g/mol. The summed E-state index contributed by atoms with van der Waals surface area (Å²) in [5.41, 5.74) is 5.06. The molecule has 1 saturated heterocycles. The normalized spacial score (nSPS) is 28.1. The van der Waals surface area contributed by atoms with Crippen molar-refractivity contribution < 1.29 is 23.2 Å².